The topological polar surface area (TPSA) is 152 Å². The lowest BCUT2D eigenvalue weighted by Gasteiger charge is -2.29. The number of hydrogen-bond donors (Lipinski definition) is 2. The second-order valence-corrected chi connectivity index (χ2v) is 8.22. The monoisotopic (exact) mass is 416 g/mol. The van der Waals surface area contributed by atoms with Gasteiger partial charge in [0.2, 0.25) is 0 Å². The largest absolute Gasteiger partial charge is 0.444 e. The summed E-state index contributed by atoms with van der Waals surface area (Å²) in [5.74, 6) is 0.297. The first-order valence-corrected chi connectivity index (χ1v) is 9.65. The van der Waals surface area contributed by atoms with Crippen LogP contribution in [-0.4, -0.2) is 70.8 Å². The van der Waals surface area contributed by atoms with Crippen LogP contribution in [0, 0.1) is 0 Å². The van der Waals surface area contributed by atoms with Gasteiger partial charge in [0.25, 0.3) is 0 Å². The molecular formula is C15H20N4O8S. The van der Waals surface area contributed by atoms with Gasteiger partial charge in [0.05, 0.1) is 18.8 Å². The molecule has 3 amide bonds. The number of carbonyl (C=O) groups is 2. The average molecular weight is 416 g/mol. The fourth-order valence-electron chi connectivity index (χ4n) is 2.97. The number of nitrogens with one attached hydrogen (secondary N) is 1. The first-order valence-electron chi connectivity index (χ1n) is 8.29. The van der Waals surface area contributed by atoms with E-state index in [9.17, 15) is 18.0 Å². The van der Waals surface area contributed by atoms with Crippen molar-refractivity contribution < 1.29 is 36.0 Å². The maximum atomic E-state index is 12.6. The normalized spacial score (nSPS) is 22.3. The van der Waals surface area contributed by atoms with Gasteiger partial charge in [-0.05, 0) is 20.8 Å². The minimum atomic E-state index is -4.92. The van der Waals surface area contributed by atoms with Gasteiger partial charge in [0.15, 0.2) is 12.2 Å². The van der Waals surface area contributed by atoms with Gasteiger partial charge in [-0.15, -0.1) is 4.28 Å². The summed E-state index contributed by atoms with van der Waals surface area (Å²) in [5.41, 5.74) is -0.258. The zero-order chi connectivity index (χ0) is 20.7. The summed E-state index contributed by atoms with van der Waals surface area (Å²) in [5, 5.41) is 3.12. The second kappa shape index (κ2) is 7.07. The second-order valence-electron chi connectivity index (χ2n) is 7.22. The molecule has 1 saturated heterocycles. The van der Waals surface area contributed by atoms with Gasteiger partial charge < -0.3 is 19.4 Å². The van der Waals surface area contributed by atoms with Crippen LogP contribution in [0.5, 0.6) is 0 Å². The molecular weight excluding hydrogens is 396 g/mol. The lowest BCUT2D eigenvalue weighted by atomic mass is 9.98. The van der Waals surface area contributed by atoms with Gasteiger partial charge in [-0.3, -0.25) is 4.55 Å². The van der Waals surface area contributed by atoms with Gasteiger partial charge in [-0.2, -0.15) is 13.5 Å². The maximum absolute atomic E-state index is 12.6. The van der Waals surface area contributed by atoms with E-state index in [2.05, 4.69) is 14.6 Å². The molecule has 2 atom stereocenters. The van der Waals surface area contributed by atoms with E-state index < -0.39 is 40.2 Å². The summed E-state index contributed by atoms with van der Waals surface area (Å²) < 4.78 is 46.1. The number of hydroxylamine groups is 2. The van der Waals surface area contributed by atoms with Crippen molar-refractivity contribution in [1.82, 2.24) is 20.3 Å². The van der Waals surface area contributed by atoms with E-state index in [0.29, 0.717) is 16.4 Å². The molecule has 2 bridgehead atoms. The number of nitrogens with zero attached hydrogens (tertiary/aromatic N) is 3. The van der Waals surface area contributed by atoms with Gasteiger partial charge in [0, 0.05) is 12.1 Å². The molecule has 1 aromatic rings. The van der Waals surface area contributed by atoms with Crippen LogP contribution in [0.4, 0.5) is 9.59 Å². The Balaban J connectivity index is 1.83. The fourth-order valence-corrected chi connectivity index (χ4v) is 3.34. The molecule has 2 aliphatic heterocycles. The van der Waals surface area contributed by atoms with Crippen LogP contribution < -0.4 is 5.32 Å². The number of amides is 3. The first kappa shape index (κ1) is 20.1. The van der Waals surface area contributed by atoms with Gasteiger partial charge in [-0.1, -0.05) is 6.08 Å². The Kier molecular flexibility index (Phi) is 5.08. The van der Waals surface area contributed by atoms with E-state index in [1.807, 2.05) is 0 Å². The summed E-state index contributed by atoms with van der Waals surface area (Å²) in [6.45, 7) is 5.21. The summed E-state index contributed by atoms with van der Waals surface area (Å²) in [7, 11) is -4.92. The van der Waals surface area contributed by atoms with Crippen LogP contribution in [0.2, 0.25) is 0 Å². The smallest absolute Gasteiger partial charge is 0.418 e. The highest BCUT2D eigenvalue weighted by molar-refractivity contribution is 7.80. The molecule has 0 aromatic carbocycles. The first-order chi connectivity index (χ1) is 12.9. The number of hydrogen-bond acceptors (Lipinski definition) is 8. The van der Waals surface area contributed by atoms with Crippen LogP contribution in [0.1, 0.15) is 26.5 Å². The number of carbonyl (C=O) groups excluding carboxylic acids is 2. The van der Waals surface area contributed by atoms with Crippen LogP contribution in [0.25, 0.3) is 5.57 Å². The predicted octanol–water partition coefficient (Wildman–Crippen LogP) is 0.806. The van der Waals surface area contributed by atoms with Gasteiger partial charge in [0.1, 0.15) is 11.6 Å². The molecule has 0 radical (unpaired) electrons. The molecule has 1 aromatic heterocycles. The fraction of sp³-hybridized carbons (Fsp3) is 0.533. The third-order valence-corrected chi connectivity index (χ3v) is 4.31. The maximum Gasteiger partial charge on any atom is 0.418 e. The third-order valence-electron chi connectivity index (χ3n) is 3.96. The minimum Gasteiger partial charge on any atom is -0.444 e. The van der Waals surface area contributed by atoms with Crippen LogP contribution in [0.15, 0.2) is 23.1 Å². The molecule has 1 fully saturated rings. The minimum absolute atomic E-state index is 0.00469. The lowest BCUT2D eigenvalue weighted by Crippen LogP contribution is -2.46. The molecule has 154 valence electrons. The van der Waals surface area contributed by atoms with Crippen molar-refractivity contribution in [1.29, 1.82) is 0 Å². The van der Waals surface area contributed by atoms with Crippen molar-refractivity contribution in [3.63, 3.8) is 0 Å². The Morgan fingerprint density at radius 2 is 2.18 bits per heavy atom. The van der Waals surface area contributed by atoms with E-state index in [-0.39, 0.29) is 13.1 Å². The SMILES string of the molecule is CC(C)(C)OC(=O)NC[C@H]1C=C(c2cnco2)[C@@H]2CN1C(=O)N2OS(=O)(=O)O. The number of urea groups is 1. The highest BCUT2D eigenvalue weighted by atomic mass is 32.3. The number of rotatable bonds is 5. The molecule has 3 heterocycles. The van der Waals surface area contributed by atoms with E-state index in [0.717, 1.165) is 0 Å². The van der Waals surface area contributed by atoms with Crippen molar-refractivity contribution in [2.75, 3.05) is 13.1 Å². The lowest BCUT2D eigenvalue weighted by molar-refractivity contribution is -0.0165. The van der Waals surface area contributed by atoms with Gasteiger partial charge >= 0.3 is 22.5 Å². The Hall–Kier alpha value is -2.64. The Labute approximate surface area is 161 Å². The molecule has 3 rings (SSSR count). The zero-order valence-corrected chi connectivity index (χ0v) is 16.2. The van der Waals surface area contributed by atoms with Crippen molar-refractivity contribution in [3.05, 3.63) is 24.4 Å². The molecule has 12 nitrogen and oxygen atoms in total. The molecule has 2 aliphatic rings. The molecule has 0 saturated carbocycles. The Morgan fingerprint density at radius 3 is 2.75 bits per heavy atom. The number of ether oxygens (including phenoxy) is 1. The van der Waals surface area contributed by atoms with Crippen LogP contribution in [-0.2, 0) is 19.4 Å². The Morgan fingerprint density at radius 1 is 1.46 bits per heavy atom. The summed E-state index contributed by atoms with van der Waals surface area (Å²) >= 11 is 0. The summed E-state index contributed by atoms with van der Waals surface area (Å²) in [6.07, 6.45) is 3.55. The van der Waals surface area contributed by atoms with Gasteiger partial charge in [-0.25, -0.2) is 14.6 Å². The quantitative estimate of drug-likeness (QED) is 0.664. The highest BCUT2D eigenvalue weighted by Crippen LogP contribution is 2.35. The molecule has 28 heavy (non-hydrogen) atoms. The van der Waals surface area contributed by atoms with Crippen LogP contribution in [0.3, 0.4) is 0 Å². The van der Waals surface area contributed by atoms with E-state index in [1.54, 1.807) is 26.8 Å². The summed E-state index contributed by atoms with van der Waals surface area (Å²) in [4.78, 5) is 29.6. The van der Waals surface area contributed by atoms with Crippen LogP contribution >= 0.6 is 0 Å². The van der Waals surface area contributed by atoms with Crippen molar-refractivity contribution in [3.8, 4) is 0 Å². The third kappa shape index (κ3) is 4.43. The molecule has 13 heteroatoms. The molecule has 0 unspecified atom stereocenters. The number of aromatic nitrogens is 1. The van der Waals surface area contributed by atoms with Crippen molar-refractivity contribution in [2.45, 2.75) is 38.5 Å². The number of alkyl carbamates (subject to hydrolysis) is 1. The Bertz CT molecular complexity index is 890. The average Bonchev–Trinajstić information content (AvgIpc) is 3.16. The van der Waals surface area contributed by atoms with E-state index in [4.69, 9.17) is 13.7 Å². The molecule has 0 spiro atoms. The highest BCUT2D eigenvalue weighted by Gasteiger charge is 2.49. The van der Waals surface area contributed by atoms with E-state index in [1.165, 1.54) is 17.5 Å². The summed E-state index contributed by atoms with van der Waals surface area (Å²) in [6, 6.07) is -2.27. The molecule has 0 aliphatic carbocycles. The van der Waals surface area contributed by atoms with Crippen molar-refractivity contribution >= 4 is 28.1 Å². The standard InChI is InChI=1S/C15H20N4O8S/c1-15(2,3)26-13(20)17-5-9-4-10(12-6-16-8-25-12)11-7-18(9)14(21)19(11)27-28(22,23)24/h4,6,8-9,11H,5,7H2,1-3H3,(H,17,20)(H,22,23,24)/t9-,11+/m1/s1. The predicted molar refractivity (Wildman–Crippen MR) is 92.9 cm³/mol. The van der Waals surface area contributed by atoms with Crippen molar-refractivity contribution in [2.24, 2.45) is 0 Å². The van der Waals surface area contributed by atoms with E-state index >= 15 is 0 Å². The number of fused-ring (bicyclic) bond motifs is 2. The zero-order valence-electron chi connectivity index (χ0n) is 15.4. The number of oxazole rings is 1. The molecule has 2 N–H and O–H groups in total.